The second-order valence-corrected chi connectivity index (χ2v) is 5.95. The van der Waals surface area contributed by atoms with Crippen LogP contribution in [0, 0.1) is 6.92 Å². The zero-order valence-corrected chi connectivity index (χ0v) is 15.6. The van der Waals surface area contributed by atoms with E-state index in [1.807, 2.05) is 13.0 Å². The van der Waals surface area contributed by atoms with Gasteiger partial charge in [0.05, 0.1) is 19.8 Å². The Bertz CT molecular complexity index is 795. The van der Waals surface area contributed by atoms with Crippen LogP contribution in [-0.4, -0.2) is 26.5 Å². The van der Waals surface area contributed by atoms with Gasteiger partial charge in [0, 0.05) is 6.42 Å². The van der Waals surface area contributed by atoms with Crippen LogP contribution >= 0.6 is 0 Å². The van der Waals surface area contributed by atoms with Crippen molar-refractivity contribution in [2.75, 3.05) is 14.2 Å². The second kappa shape index (κ2) is 9.04. The van der Waals surface area contributed by atoms with E-state index in [0.717, 1.165) is 35.1 Å². The quantitative estimate of drug-likeness (QED) is 0.522. The average molecular weight is 356 g/mol. The maximum Gasteiger partial charge on any atom is 0.305 e. The van der Waals surface area contributed by atoms with Crippen LogP contribution in [0.25, 0.3) is 0 Å². The summed E-state index contributed by atoms with van der Waals surface area (Å²) in [6, 6.07) is 9.22. The van der Waals surface area contributed by atoms with Gasteiger partial charge < -0.3 is 14.2 Å². The highest BCUT2D eigenvalue weighted by Gasteiger charge is 2.12. The summed E-state index contributed by atoms with van der Waals surface area (Å²) < 4.78 is 15.9. The molecular weight excluding hydrogens is 332 g/mol. The number of esters is 1. The van der Waals surface area contributed by atoms with E-state index in [1.54, 1.807) is 18.2 Å². The molecule has 0 N–H and O–H groups in total. The van der Waals surface area contributed by atoms with Crippen molar-refractivity contribution in [2.45, 2.75) is 33.1 Å². The molecule has 2 aromatic rings. The van der Waals surface area contributed by atoms with E-state index in [9.17, 15) is 9.59 Å². The third-order valence-electron chi connectivity index (χ3n) is 4.19. The number of benzene rings is 2. The fourth-order valence-electron chi connectivity index (χ4n) is 2.82. The predicted molar refractivity (Wildman–Crippen MR) is 99.3 cm³/mol. The monoisotopic (exact) mass is 356 g/mol. The van der Waals surface area contributed by atoms with Crippen LogP contribution in [0.4, 0.5) is 0 Å². The summed E-state index contributed by atoms with van der Waals surface area (Å²) in [5.41, 5.74) is 3.54. The van der Waals surface area contributed by atoms with Crippen molar-refractivity contribution in [2.24, 2.45) is 0 Å². The van der Waals surface area contributed by atoms with Gasteiger partial charge in [-0.25, -0.2) is 0 Å². The summed E-state index contributed by atoms with van der Waals surface area (Å²) in [6.07, 6.45) is 2.51. The molecule has 0 aliphatic rings. The maximum atomic E-state index is 11.4. The number of carbonyl (C=O) groups is 2. The topological polar surface area (TPSA) is 61.8 Å². The maximum absolute atomic E-state index is 11.4. The van der Waals surface area contributed by atoms with Crippen LogP contribution in [0.1, 0.15) is 40.4 Å². The number of aldehydes is 1. The largest absolute Gasteiger partial charge is 0.496 e. The summed E-state index contributed by atoms with van der Waals surface area (Å²) in [6.45, 7) is 4.02. The van der Waals surface area contributed by atoms with Gasteiger partial charge in [0.15, 0.2) is 6.29 Å². The normalized spacial score (nSPS) is 10.3. The zero-order valence-electron chi connectivity index (χ0n) is 15.6. The van der Waals surface area contributed by atoms with Crippen molar-refractivity contribution < 1.29 is 23.8 Å². The summed E-state index contributed by atoms with van der Waals surface area (Å²) in [5, 5.41) is 0. The first-order chi connectivity index (χ1) is 12.5. The molecule has 2 rings (SSSR count). The van der Waals surface area contributed by atoms with Crippen molar-refractivity contribution in [1.29, 1.82) is 0 Å². The molecule has 138 valence electrons. The molecule has 0 bridgehead atoms. The van der Waals surface area contributed by atoms with Gasteiger partial charge in [-0.05, 0) is 54.7 Å². The molecule has 2 aromatic carbocycles. The minimum absolute atomic E-state index is 0.222. The van der Waals surface area contributed by atoms with E-state index < -0.39 is 0 Å². The number of hydrogen-bond acceptors (Lipinski definition) is 5. The molecule has 0 aliphatic carbocycles. The van der Waals surface area contributed by atoms with Gasteiger partial charge >= 0.3 is 5.97 Å². The van der Waals surface area contributed by atoms with Crippen LogP contribution in [0.2, 0.25) is 0 Å². The highest BCUT2D eigenvalue weighted by atomic mass is 16.5. The van der Waals surface area contributed by atoms with Gasteiger partial charge in [-0.3, -0.25) is 9.59 Å². The molecule has 0 fully saturated rings. The number of rotatable bonds is 8. The van der Waals surface area contributed by atoms with Gasteiger partial charge in [-0.2, -0.15) is 0 Å². The van der Waals surface area contributed by atoms with Gasteiger partial charge in [0.25, 0.3) is 0 Å². The first kappa shape index (κ1) is 19.5. The Hall–Kier alpha value is -2.82. The Labute approximate surface area is 153 Å². The second-order valence-electron chi connectivity index (χ2n) is 5.95. The summed E-state index contributed by atoms with van der Waals surface area (Å²) >= 11 is 0. The fraction of sp³-hybridized carbons (Fsp3) is 0.333. The van der Waals surface area contributed by atoms with E-state index >= 15 is 0 Å². The van der Waals surface area contributed by atoms with E-state index in [0.29, 0.717) is 29.9 Å². The molecule has 5 heteroatoms. The summed E-state index contributed by atoms with van der Waals surface area (Å²) in [5.74, 6) is 1.64. The van der Waals surface area contributed by atoms with Crippen LogP contribution in [-0.2, 0) is 22.4 Å². The first-order valence-electron chi connectivity index (χ1n) is 8.52. The van der Waals surface area contributed by atoms with Crippen molar-refractivity contribution in [3.05, 3.63) is 52.6 Å². The summed E-state index contributed by atoms with van der Waals surface area (Å²) in [4.78, 5) is 22.6. The smallest absolute Gasteiger partial charge is 0.305 e. The van der Waals surface area contributed by atoms with Gasteiger partial charge in [0.1, 0.15) is 17.2 Å². The summed E-state index contributed by atoms with van der Waals surface area (Å²) in [7, 11) is 2.92. The SMILES string of the molecule is CCc1cc(CCC(=O)OC)cc(C)c1Oc1ccc(OC)c(C=O)c1. The molecule has 0 saturated carbocycles. The molecule has 0 aliphatic heterocycles. The molecular formula is C21H24O5. The van der Waals surface area contributed by atoms with Gasteiger partial charge in [-0.1, -0.05) is 19.1 Å². The third-order valence-corrected chi connectivity index (χ3v) is 4.19. The molecule has 0 unspecified atom stereocenters. The zero-order chi connectivity index (χ0) is 19.1. The van der Waals surface area contributed by atoms with Gasteiger partial charge in [0.2, 0.25) is 0 Å². The lowest BCUT2D eigenvalue weighted by Crippen LogP contribution is -2.03. The minimum Gasteiger partial charge on any atom is -0.496 e. The molecule has 0 radical (unpaired) electrons. The van der Waals surface area contributed by atoms with E-state index in [-0.39, 0.29) is 5.97 Å². The molecule has 0 saturated heterocycles. The number of hydrogen-bond donors (Lipinski definition) is 0. The van der Waals surface area contributed by atoms with Crippen molar-refractivity contribution in [3.8, 4) is 17.2 Å². The van der Waals surface area contributed by atoms with Crippen LogP contribution in [0.5, 0.6) is 17.2 Å². The Kier molecular flexibility index (Phi) is 6.78. The fourth-order valence-corrected chi connectivity index (χ4v) is 2.82. The van der Waals surface area contributed by atoms with Gasteiger partial charge in [-0.15, -0.1) is 0 Å². The van der Waals surface area contributed by atoms with E-state index in [2.05, 4.69) is 13.0 Å². The highest BCUT2D eigenvalue weighted by molar-refractivity contribution is 5.80. The number of aryl methyl sites for hydroxylation is 3. The molecule has 0 heterocycles. The predicted octanol–water partition coefficient (Wildman–Crippen LogP) is 4.28. The van der Waals surface area contributed by atoms with Crippen molar-refractivity contribution in [1.82, 2.24) is 0 Å². The Morgan fingerprint density at radius 1 is 1.15 bits per heavy atom. The Balaban J connectivity index is 2.29. The molecule has 26 heavy (non-hydrogen) atoms. The third kappa shape index (κ3) is 4.63. The van der Waals surface area contributed by atoms with E-state index in [4.69, 9.17) is 14.2 Å². The lowest BCUT2D eigenvalue weighted by molar-refractivity contribution is -0.140. The molecule has 0 amide bonds. The molecule has 0 spiro atoms. The number of carbonyl (C=O) groups excluding carboxylic acids is 2. The molecule has 0 atom stereocenters. The van der Waals surface area contributed by atoms with E-state index in [1.165, 1.54) is 14.2 Å². The van der Waals surface area contributed by atoms with Crippen LogP contribution < -0.4 is 9.47 Å². The van der Waals surface area contributed by atoms with Crippen LogP contribution in [0.3, 0.4) is 0 Å². The minimum atomic E-state index is -0.222. The Morgan fingerprint density at radius 2 is 1.92 bits per heavy atom. The van der Waals surface area contributed by atoms with Crippen LogP contribution in [0.15, 0.2) is 30.3 Å². The first-order valence-corrected chi connectivity index (χ1v) is 8.52. The Morgan fingerprint density at radius 3 is 2.54 bits per heavy atom. The lowest BCUT2D eigenvalue weighted by atomic mass is 10.00. The average Bonchev–Trinajstić information content (AvgIpc) is 2.67. The number of methoxy groups -OCH3 is 2. The number of ether oxygens (including phenoxy) is 3. The standard InChI is InChI=1S/C21H24O5/c1-5-16-11-15(6-9-20(23)25-4)10-14(2)21(16)26-18-7-8-19(24-3)17(12-18)13-22/h7-8,10-13H,5-6,9H2,1-4H3. The highest BCUT2D eigenvalue weighted by Crippen LogP contribution is 2.33. The lowest BCUT2D eigenvalue weighted by Gasteiger charge is -2.16. The van der Waals surface area contributed by atoms with Crippen molar-refractivity contribution in [3.63, 3.8) is 0 Å². The molecule has 0 aromatic heterocycles. The molecule has 5 nitrogen and oxygen atoms in total. The van der Waals surface area contributed by atoms with Crippen molar-refractivity contribution >= 4 is 12.3 Å².